The molecule has 2 nitrogen and oxygen atoms in total. The molecule has 7 aromatic carbocycles. The lowest BCUT2D eigenvalue weighted by Gasteiger charge is -2.34. The first-order valence-corrected chi connectivity index (χ1v) is 16.6. The quantitative estimate of drug-likeness (QED) is 0.187. The second-order valence-electron chi connectivity index (χ2n) is 12.0. The highest BCUT2D eigenvalue weighted by molar-refractivity contribution is 8.28. The van der Waals surface area contributed by atoms with E-state index < -0.39 is 0 Å². The number of hydrogen-bond donors (Lipinski definition) is 0. The highest BCUT2D eigenvalue weighted by Crippen LogP contribution is 2.47. The molecule has 1 aromatic heterocycles. The predicted octanol–water partition coefficient (Wildman–Crippen LogP) is 10.1. The minimum absolute atomic E-state index is 0.120. The minimum atomic E-state index is 0.120. The van der Waals surface area contributed by atoms with Crippen LogP contribution in [0.1, 0.15) is 0 Å². The monoisotopic (exact) mass is 603 g/mol. The van der Waals surface area contributed by atoms with Crippen molar-refractivity contribution in [2.45, 2.75) is 4.90 Å². The number of hydrogen-bond acceptors (Lipinski definition) is 2. The van der Waals surface area contributed by atoms with Gasteiger partial charge >= 0.3 is 0 Å². The van der Waals surface area contributed by atoms with Gasteiger partial charge < -0.3 is 9.30 Å². The maximum absolute atomic E-state index is 7.17. The van der Waals surface area contributed by atoms with Gasteiger partial charge in [0.25, 0.3) is 5.99 Å². The fourth-order valence-corrected chi connectivity index (χ4v) is 8.88. The Morgan fingerprint density at radius 2 is 1.13 bits per heavy atom. The Morgan fingerprint density at radius 3 is 1.89 bits per heavy atom. The van der Waals surface area contributed by atoms with Crippen LogP contribution in [0.4, 0.5) is 0 Å². The zero-order chi connectivity index (χ0) is 30.2. The minimum Gasteiger partial charge on any atom is -0.456 e. The summed E-state index contributed by atoms with van der Waals surface area (Å²) in [5.74, 6) is 1.98. The fourth-order valence-electron chi connectivity index (χ4n) is 7.49. The number of nitrogens with zero attached hydrogens (tertiary/aromatic N) is 1. The molecule has 8 aromatic rings. The van der Waals surface area contributed by atoms with Gasteiger partial charge in [0.2, 0.25) is 0 Å². The summed E-state index contributed by atoms with van der Waals surface area (Å²) >= 11 is 1.93. The first kappa shape index (κ1) is 25.8. The van der Waals surface area contributed by atoms with Gasteiger partial charge in [-0.15, -0.1) is 0 Å². The summed E-state index contributed by atoms with van der Waals surface area (Å²) in [7, 11) is 0. The van der Waals surface area contributed by atoms with Crippen LogP contribution in [-0.2, 0) is 0 Å². The molecule has 0 bridgehead atoms. The Bertz CT molecular complexity index is 2450. The first-order chi connectivity index (χ1) is 22.8. The van der Waals surface area contributed by atoms with Gasteiger partial charge in [0.1, 0.15) is 11.5 Å². The third-order valence-electron chi connectivity index (χ3n) is 9.49. The van der Waals surface area contributed by atoms with Crippen molar-refractivity contribution in [3.63, 3.8) is 0 Å². The number of benzene rings is 7. The Hall–Kier alpha value is -5.45. The average molecular weight is 604 g/mol. The maximum atomic E-state index is 7.17. The molecule has 0 N–H and O–H groups in total. The van der Waals surface area contributed by atoms with Crippen LogP contribution in [0.2, 0.25) is 0 Å². The number of para-hydroxylation sites is 3. The first-order valence-electron chi connectivity index (χ1n) is 15.7. The molecule has 0 unspecified atom stereocenters. The van der Waals surface area contributed by atoms with Gasteiger partial charge in [-0.2, -0.15) is 11.6 Å². The Balaban J connectivity index is 1.24. The highest BCUT2D eigenvalue weighted by Gasteiger charge is 2.40. The van der Waals surface area contributed by atoms with Gasteiger partial charge in [0.15, 0.2) is 0 Å². The Morgan fingerprint density at radius 1 is 0.500 bits per heavy atom. The molecule has 0 atom stereocenters. The molecule has 0 fully saturated rings. The van der Waals surface area contributed by atoms with Crippen LogP contribution in [0.25, 0.3) is 60.9 Å². The molecule has 214 valence electrons. The summed E-state index contributed by atoms with van der Waals surface area (Å²) in [5.41, 5.74) is 13.2. The van der Waals surface area contributed by atoms with Crippen LogP contribution >= 0.6 is 11.6 Å². The smallest absolute Gasteiger partial charge is 0.289 e. The van der Waals surface area contributed by atoms with Crippen LogP contribution < -0.4 is 15.7 Å². The maximum Gasteiger partial charge on any atom is 0.289 e. The molecule has 0 saturated carbocycles. The van der Waals surface area contributed by atoms with Crippen molar-refractivity contribution in [1.82, 2.24) is 4.57 Å². The lowest BCUT2D eigenvalue weighted by Crippen LogP contribution is -2.46. The van der Waals surface area contributed by atoms with E-state index in [0.717, 1.165) is 22.7 Å². The second kappa shape index (κ2) is 10.0. The lowest BCUT2D eigenvalue weighted by molar-refractivity contribution is 0.486. The summed E-state index contributed by atoms with van der Waals surface area (Å²) in [6.07, 6.45) is 0. The van der Waals surface area contributed by atoms with E-state index in [9.17, 15) is 0 Å². The summed E-state index contributed by atoms with van der Waals surface area (Å²) in [6, 6.07) is 56.9. The van der Waals surface area contributed by atoms with Crippen molar-refractivity contribution in [3.8, 4) is 50.6 Å². The van der Waals surface area contributed by atoms with Crippen LogP contribution in [0.15, 0.2) is 163 Å². The van der Waals surface area contributed by atoms with Crippen molar-refractivity contribution >= 4 is 50.3 Å². The number of rotatable bonds is 3. The van der Waals surface area contributed by atoms with E-state index in [1.165, 1.54) is 65.4 Å². The molecule has 0 saturated heterocycles. The summed E-state index contributed by atoms with van der Waals surface area (Å²) < 4.78 is 9.55. The SMILES string of the molecule is c1ccc(-c2ccccc2-c2cc3c4c(c2)-c2ccccc2SB4c2cccc(-n4c5ccccc5c5ccccc54)c2O3)cc1. The molecule has 3 heterocycles. The predicted molar refractivity (Wildman–Crippen MR) is 194 cm³/mol. The average Bonchev–Trinajstić information content (AvgIpc) is 3.46. The number of ether oxygens (including phenoxy) is 1. The molecule has 46 heavy (non-hydrogen) atoms. The van der Waals surface area contributed by atoms with E-state index >= 15 is 0 Å². The summed E-state index contributed by atoms with van der Waals surface area (Å²) in [5, 5.41) is 2.49. The number of aromatic nitrogens is 1. The molecule has 0 radical (unpaired) electrons. The van der Waals surface area contributed by atoms with Crippen LogP contribution in [-0.4, -0.2) is 10.6 Å². The van der Waals surface area contributed by atoms with Gasteiger partial charge in [0.05, 0.1) is 16.7 Å². The van der Waals surface area contributed by atoms with E-state index in [-0.39, 0.29) is 5.99 Å². The van der Waals surface area contributed by atoms with Crippen molar-refractivity contribution in [2.24, 2.45) is 0 Å². The van der Waals surface area contributed by atoms with Gasteiger partial charge in [-0.1, -0.05) is 121 Å². The van der Waals surface area contributed by atoms with Crippen LogP contribution in [0.5, 0.6) is 11.5 Å². The molecule has 10 rings (SSSR count). The lowest BCUT2D eigenvalue weighted by atomic mass is 9.57. The molecule has 0 spiro atoms. The zero-order valence-corrected chi connectivity index (χ0v) is 25.7. The molecular weight excluding hydrogens is 577 g/mol. The Kier molecular flexibility index (Phi) is 5.64. The van der Waals surface area contributed by atoms with Gasteiger partial charge in [-0.25, -0.2) is 0 Å². The standard InChI is InChI=1S/C42H26BNOS/c1-2-13-27(14-3-1)29-15-4-5-16-30(29)28-25-34-33-19-8-11-24-40(33)46-43-35-20-12-23-38(42(35)45-39(26-28)41(34)43)44-36-21-9-6-17-31(36)32-18-7-10-22-37(32)44/h1-26H. The van der Waals surface area contributed by atoms with E-state index in [1.807, 2.05) is 11.6 Å². The molecular formula is C42H26BNOS. The molecule has 0 amide bonds. The third kappa shape index (κ3) is 3.74. The fraction of sp³-hybridized carbons (Fsp3) is 0. The summed E-state index contributed by atoms with van der Waals surface area (Å²) in [6.45, 7) is 0. The van der Waals surface area contributed by atoms with E-state index in [0.29, 0.717) is 0 Å². The number of fused-ring (bicyclic) bond motifs is 7. The van der Waals surface area contributed by atoms with E-state index in [4.69, 9.17) is 4.74 Å². The molecule has 2 aliphatic rings. The van der Waals surface area contributed by atoms with Gasteiger partial charge in [-0.05, 0) is 80.7 Å². The van der Waals surface area contributed by atoms with Gasteiger partial charge in [-0.3, -0.25) is 0 Å². The molecule has 4 heteroatoms. The zero-order valence-electron chi connectivity index (χ0n) is 24.9. The van der Waals surface area contributed by atoms with E-state index in [1.54, 1.807) is 0 Å². The largest absolute Gasteiger partial charge is 0.456 e. The van der Waals surface area contributed by atoms with Crippen molar-refractivity contribution < 1.29 is 4.74 Å². The second-order valence-corrected chi connectivity index (χ2v) is 13.2. The Labute approximate surface area is 271 Å². The van der Waals surface area contributed by atoms with Crippen LogP contribution in [0, 0.1) is 0 Å². The molecule has 2 aliphatic heterocycles. The van der Waals surface area contributed by atoms with Crippen molar-refractivity contribution in [2.75, 3.05) is 0 Å². The van der Waals surface area contributed by atoms with Crippen LogP contribution in [0.3, 0.4) is 0 Å². The topological polar surface area (TPSA) is 14.2 Å². The van der Waals surface area contributed by atoms with Crippen molar-refractivity contribution in [3.05, 3.63) is 158 Å². The summed E-state index contributed by atoms with van der Waals surface area (Å²) in [4.78, 5) is 1.30. The highest BCUT2D eigenvalue weighted by atomic mass is 32.2. The van der Waals surface area contributed by atoms with Gasteiger partial charge in [0, 0.05) is 15.7 Å². The van der Waals surface area contributed by atoms with E-state index in [2.05, 4.69) is 162 Å². The molecule has 0 aliphatic carbocycles. The third-order valence-corrected chi connectivity index (χ3v) is 10.8. The van der Waals surface area contributed by atoms with Crippen molar-refractivity contribution in [1.29, 1.82) is 0 Å². The normalized spacial score (nSPS) is 12.8.